The SMILES string of the molecule is Clc1cccc(-c2cc([C@H]3CC[C@H]4CNCCN43)no2)c1.N#Cc1nccnc1Cl.N#Cc1nccnc1N1CCN2[C@@H](CC[C@@H]2c2cc(-c3cccc(Cl)c3)on2)C1. The standard InChI is InChI=1S/C21H19ClN6O.C16H18ClN3O.C5H2ClN3/c22-15-3-1-2-14(10-15)20-11-17(26-29-20)19-5-4-16-13-27(8-9-28(16)19)21-18(12-23)24-6-7-25-21;17-12-3-1-2-11(8-12)16-9-14(19-21-16)15-5-4-13-10-18-6-7-20(13)15;6-5-4(3-7)8-1-2-9-5/h1-3,6-7,10-11,16,19H,4-5,8-9,13H2;1-3,8-9,13,15,18H,4-7,10H2;1-2H/t16-,19+;13-,15+;/m00./s1. The Morgan fingerprint density at radius 2 is 1.22 bits per heavy atom. The van der Waals surface area contributed by atoms with Crippen molar-refractivity contribution in [1.82, 2.24) is 45.4 Å². The van der Waals surface area contributed by atoms with Crippen molar-refractivity contribution in [2.75, 3.05) is 44.2 Å². The van der Waals surface area contributed by atoms with Gasteiger partial charge in [-0.1, -0.05) is 69.4 Å². The Balaban J connectivity index is 0.000000140. The lowest BCUT2D eigenvalue weighted by atomic mass is 10.1. The first kappa shape index (κ1) is 40.3. The first-order valence-electron chi connectivity index (χ1n) is 19.4. The molecule has 4 aromatic heterocycles. The number of nitriles is 2. The second-order valence-electron chi connectivity index (χ2n) is 14.5. The highest BCUT2D eigenvalue weighted by Gasteiger charge is 2.40. The Morgan fingerprint density at radius 1 is 0.644 bits per heavy atom. The average molecular weight is 850 g/mol. The molecule has 0 bridgehead atoms. The number of halogens is 3. The molecule has 0 amide bonds. The quantitative estimate of drug-likeness (QED) is 0.178. The smallest absolute Gasteiger partial charge is 0.183 e. The number of piperazine rings is 2. The average Bonchev–Trinajstić information content (AvgIpc) is 4.11. The van der Waals surface area contributed by atoms with E-state index >= 15 is 0 Å². The van der Waals surface area contributed by atoms with Gasteiger partial charge in [-0.2, -0.15) is 10.5 Å². The molecule has 14 nitrogen and oxygen atoms in total. The minimum atomic E-state index is 0.153. The van der Waals surface area contributed by atoms with Gasteiger partial charge in [-0.25, -0.2) is 19.9 Å². The number of aromatic nitrogens is 6. The summed E-state index contributed by atoms with van der Waals surface area (Å²) in [5.74, 6) is 2.22. The zero-order valence-electron chi connectivity index (χ0n) is 31.8. The fourth-order valence-corrected chi connectivity index (χ4v) is 8.86. The lowest BCUT2D eigenvalue weighted by Gasteiger charge is -2.40. The maximum atomic E-state index is 9.32. The van der Waals surface area contributed by atoms with Crippen molar-refractivity contribution in [3.05, 3.63) is 123 Å². The fourth-order valence-electron chi connectivity index (χ4n) is 8.34. The molecular formula is C42H39Cl3N12O2. The van der Waals surface area contributed by atoms with Crippen molar-refractivity contribution in [3.8, 4) is 34.8 Å². The van der Waals surface area contributed by atoms with E-state index in [9.17, 15) is 5.26 Å². The molecule has 17 heteroatoms. The first-order valence-corrected chi connectivity index (χ1v) is 20.5. The van der Waals surface area contributed by atoms with Crippen LogP contribution in [0, 0.1) is 22.7 Å². The number of anilines is 1. The van der Waals surface area contributed by atoms with Crippen LogP contribution in [0.5, 0.6) is 0 Å². The summed E-state index contributed by atoms with van der Waals surface area (Å²) < 4.78 is 11.2. The molecule has 1 N–H and O–H groups in total. The second-order valence-corrected chi connectivity index (χ2v) is 15.8. The molecule has 6 aromatic rings. The maximum absolute atomic E-state index is 9.32. The summed E-state index contributed by atoms with van der Waals surface area (Å²) in [5, 5.41) is 31.3. The van der Waals surface area contributed by atoms with Crippen molar-refractivity contribution in [1.29, 1.82) is 10.5 Å². The van der Waals surface area contributed by atoms with Gasteiger partial charge in [0, 0.05) is 109 Å². The number of nitrogens with zero attached hydrogens (tertiary/aromatic N) is 11. The molecule has 0 spiro atoms. The summed E-state index contributed by atoms with van der Waals surface area (Å²) in [6.07, 6.45) is 10.6. The number of rotatable bonds is 5. The molecule has 4 aliphatic rings. The van der Waals surface area contributed by atoms with Gasteiger partial charge < -0.3 is 19.3 Å². The molecule has 0 unspecified atom stereocenters. The first-order chi connectivity index (χ1) is 28.9. The molecule has 300 valence electrons. The van der Waals surface area contributed by atoms with Gasteiger partial charge in [0.25, 0.3) is 0 Å². The van der Waals surface area contributed by atoms with E-state index in [1.165, 1.54) is 18.8 Å². The third kappa shape index (κ3) is 9.24. The van der Waals surface area contributed by atoms with E-state index in [4.69, 9.17) is 49.1 Å². The molecule has 0 aliphatic carbocycles. The van der Waals surface area contributed by atoms with Crippen LogP contribution in [0.3, 0.4) is 0 Å². The Labute approximate surface area is 356 Å². The van der Waals surface area contributed by atoms with Crippen LogP contribution in [0.1, 0.15) is 60.5 Å². The predicted molar refractivity (Wildman–Crippen MR) is 222 cm³/mol. The van der Waals surface area contributed by atoms with E-state index in [0.717, 1.165) is 92.6 Å². The molecule has 10 rings (SSSR count). The predicted octanol–water partition coefficient (Wildman–Crippen LogP) is 7.79. The number of nitrogens with one attached hydrogen (secondary N) is 1. The monoisotopic (exact) mass is 848 g/mol. The molecule has 4 atom stereocenters. The zero-order valence-corrected chi connectivity index (χ0v) is 34.1. The molecule has 0 radical (unpaired) electrons. The van der Waals surface area contributed by atoms with Gasteiger partial charge in [0.2, 0.25) is 0 Å². The minimum Gasteiger partial charge on any atom is -0.356 e. The third-order valence-corrected chi connectivity index (χ3v) is 11.8. The van der Waals surface area contributed by atoms with Gasteiger partial charge in [-0.15, -0.1) is 0 Å². The molecule has 4 saturated heterocycles. The Morgan fingerprint density at radius 3 is 1.81 bits per heavy atom. The normalized spacial score (nSPS) is 21.2. The highest BCUT2D eigenvalue weighted by molar-refractivity contribution is 6.31. The summed E-state index contributed by atoms with van der Waals surface area (Å²) in [7, 11) is 0. The highest BCUT2D eigenvalue weighted by atomic mass is 35.5. The number of fused-ring (bicyclic) bond motifs is 2. The topological polar surface area (TPSA) is 173 Å². The van der Waals surface area contributed by atoms with E-state index in [1.807, 2.05) is 54.6 Å². The molecular weight excluding hydrogens is 811 g/mol. The third-order valence-electron chi connectivity index (χ3n) is 11.1. The van der Waals surface area contributed by atoms with Crippen LogP contribution >= 0.6 is 34.8 Å². The van der Waals surface area contributed by atoms with Crippen LogP contribution in [0.15, 0.2) is 94.5 Å². The molecule has 4 aliphatic heterocycles. The summed E-state index contributed by atoms with van der Waals surface area (Å²) >= 11 is 17.6. The summed E-state index contributed by atoms with van der Waals surface area (Å²) in [5.41, 5.74) is 4.48. The van der Waals surface area contributed by atoms with Gasteiger partial charge >= 0.3 is 0 Å². The van der Waals surface area contributed by atoms with Gasteiger partial charge in [-0.3, -0.25) is 9.80 Å². The molecule has 4 fully saturated rings. The van der Waals surface area contributed by atoms with Crippen LogP contribution in [0.4, 0.5) is 5.82 Å². The lowest BCUT2D eigenvalue weighted by molar-refractivity contribution is 0.157. The van der Waals surface area contributed by atoms with E-state index < -0.39 is 0 Å². The second kappa shape index (κ2) is 18.6. The van der Waals surface area contributed by atoms with Gasteiger partial charge in [0.15, 0.2) is 33.9 Å². The summed E-state index contributed by atoms with van der Waals surface area (Å²) in [6, 6.07) is 25.0. The minimum absolute atomic E-state index is 0.153. The van der Waals surface area contributed by atoms with E-state index in [1.54, 1.807) is 18.5 Å². The van der Waals surface area contributed by atoms with Crippen LogP contribution in [0.25, 0.3) is 22.6 Å². The van der Waals surface area contributed by atoms with Crippen LogP contribution in [0.2, 0.25) is 15.2 Å². The van der Waals surface area contributed by atoms with Gasteiger partial charge in [0.1, 0.15) is 23.5 Å². The largest absolute Gasteiger partial charge is 0.356 e. The summed E-state index contributed by atoms with van der Waals surface area (Å²) in [6.45, 7) is 5.77. The fraction of sp³-hybridized carbons (Fsp3) is 0.333. The van der Waals surface area contributed by atoms with Crippen LogP contribution in [-0.4, -0.2) is 91.4 Å². The van der Waals surface area contributed by atoms with Crippen LogP contribution < -0.4 is 10.2 Å². The molecule has 2 aromatic carbocycles. The van der Waals surface area contributed by atoms with Crippen molar-refractivity contribution >= 4 is 40.6 Å². The van der Waals surface area contributed by atoms with Crippen molar-refractivity contribution in [2.45, 2.75) is 49.9 Å². The number of hydrogen-bond donors (Lipinski definition) is 1. The van der Waals surface area contributed by atoms with Crippen LogP contribution in [-0.2, 0) is 0 Å². The van der Waals surface area contributed by atoms with Crippen molar-refractivity contribution in [3.63, 3.8) is 0 Å². The summed E-state index contributed by atoms with van der Waals surface area (Å²) in [4.78, 5) is 23.1. The van der Waals surface area contributed by atoms with E-state index in [0.29, 0.717) is 39.7 Å². The maximum Gasteiger partial charge on any atom is 0.183 e. The number of hydrogen-bond acceptors (Lipinski definition) is 14. The Bertz CT molecular complexity index is 2470. The lowest BCUT2D eigenvalue weighted by Crippen LogP contribution is -2.51. The molecule has 8 heterocycles. The van der Waals surface area contributed by atoms with E-state index in [-0.39, 0.29) is 16.9 Å². The van der Waals surface area contributed by atoms with Crippen molar-refractivity contribution < 1.29 is 9.05 Å². The van der Waals surface area contributed by atoms with Crippen molar-refractivity contribution in [2.24, 2.45) is 0 Å². The van der Waals surface area contributed by atoms with Gasteiger partial charge in [0.05, 0.1) is 12.1 Å². The van der Waals surface area contributed by atoms with E-state index in [2.05, 4.69) is 62.4 Å². The Hall–Kier alpha value is -5.45. The zero-order chi connectivity index (χ0) is 40.7. The molecule has 0 saturated carbocycles. The van der Waals surface area contributed by atoms with Gasteiger partial charge in [-0.05, 0) is 49.9 Å². The highest BCUT2D eigenvalue weighted by Crippen LogP contribution is 2.40. The number of benzene rings is 2. The molecule has 59 heavy (non-hydrogen) atoms. The Kier molecular flexibility index (Phi) is 12.7.